The first-order valence-corrected chi connectivity index (χ1v) is 10.7. The van der Waals surface area contributed by atoms with Crippen molar-refractivity contribution in [2.75, 3.05) is 0 Å². The molecule has 0 N–H and O–H groups in total. The zero-order valence-electron chi connectivity index (χ0n) is 17.0. The Hall–Kier alpha value is -1.41. The average Bonchev–Trinajstić information content (AvgIpc) is 3.08. The molecule has 1 rings (SSSR count). The van der Waals surface area contributed by atoms with Gasteiger partial charge in [0.1, 0.15) is 0 Å². The Morgan fingerprint density at radius 3 is 2.04 bits per heavy atom. The molecule has 0 bridgehead atoms. The van der Waals surface area contributed by atoms with E-state index in [1.807, 2.05) is 0 Å². The second-order valence-corrected chi connectivity index (χ2v) is 8.10. The minimum Gasteiger partial charge on any atom is -0.212 e. The van der Waals surface area contributed by atoms with Crippen LogP contribution in [0.3, 0.4) is 0 Å². The van der Waals surface area contributed by atoms with E-state index in [2.05, 4.69) is 62.7 Å². The summed E-state index contributed by atoms with van der Waals surface area (Å²) in [4.78, 5) is 0. The van der Waals surface area contributed by atoms with Crippen LogP contribution >= 0.6 is 11.3 Å². The second-order valence-electron chi connectivity index (χ2n) is 7.32. The maximum Gasteiger partial charge on any atom is 0.0963 e. The van der Waals surface area contributed by atoms with Gasteiger partial charge in [-0.3, -0.25) is 0 Å². The molecule has 0 amide bonds. The molecule has 0 nitrogen and oxygen atoms in total. The first kappa shape index (κ1) is 22.6. The lowest BCUT2D eigenvalue weighted by atomic mass is 10.1. The fourth-order valence-electron chi connectivity index (χ4n) is 2.73. The highest BCUT2D eigenvalue weighted by Gasteiger charge is 1.97. The minimum atomic E-state index is 0.0271. The Balaban J connectivity index is 2.18. The highest BCUT2D eigenvalue weighted by Crippen LogP contribution is 2.15. The summed E-state index contributed by atoms with van der Waals surface area (Å²) in [6.07, 6.45) is 16.1. The zero-order valence-corrected chi connectivity index (χ0v) is 17.8. The Labute approximate surface area is 164 Å². The number of rotatable bonds is 12. The zero-order chi connectivity index (χ0) is 19.2. The summed E-state index contributed by atoms with van der Waals surface area (Å²) in [5.74, 6) is 0.0271. The van der Waals surface area contributed by atoms with E-state index >= 15 is 0 Å². The first-order valence-electron chi connectivity index (χ1n) is 9.77. The molecular formula is C24H35FS. The predicted molar refractivity (Wildman–Crippen MR) is 116 cm³/mol. The summed E-state index contributed by atoms with van der Waals surface area (Å²) >= 11 is 1.70. The van der Waals surface area contributed by atoms with E-state index in [1.54, 1.807) is 17.4 Å². The molecule has 2 heteroatoms. The van der Waals surface area contributed by atoms with Crippen molar-refractivity contribution < 1.29 is 4.39 Å². The summed E-state index contributed by atoms with van der Waals surface area (Å²) < 4.78 is 13.8. The van der Waals surface area contributed by atoms with Gasteiger partial charge in [0.25, 0.3) is 0 Å². The summed E-state index contributed by atoms with van der Waals surface area (Å²) in [6.45, 7) is 8.67. The van der Waals surface area contributed by atoms with Gasteiger partial charge in [0.15, 0.2) is 0 Å². The fourth-order valence-corrected chi connectivity index (χ4v) is 3.43. The molecule has 1 aromatic rings. The molecule has 0 spiro atoms. The summed E-state index contributed by atoms with van der Waals surface area (Å²) in [5.41, 5.74) is 5.53. The monoisotopic (exact) mass is 374 g/mol. The summed E-state index contributed by atoms with van der Waals surface area (Å²) in [7, 11) is 0. The van der Waals surface area contributed by atoms with Gasteiger partial charge in [-0.05, 0) is 95.0 Å². The van der Waals surface area contributed by atoms with E-state index in [0.29, 0.717) is 6.42 Å². The molecular weight excluding hydrogens is 339 g/mol. The van der Waals surface area contributed by atoms with Crippen molar-refractivity contribution in [2.24, 2.45) is 0 Å². The van der Waals surface area contributed by atoms with E-state index in [0.717, 1.165) is 44.9 Å². The number of thiophene rings is 1. The molecule has 1 heterocycles. The van der Waals surface area contributed by atoms with E-state index in [1.165, 1.54) is 22.3 Å². The number of allylic oxidation sites excluding steroid dienone is 8. The van der Waals surface area contributed by atoms with Gasteiger partial charge in [-0.2, -0.15) is 11.3 Å². The largest absolute Gasteiger partial charge is 0.212 e. The number of hydrogen-bond acceptors (Lipinski definition) is 1. The van der Waals surface area contributed by atoms with Gasteiger partial charge in [-0.25, -0.2) is 4.39 Å². The molecule has 0 aliphatic carbocycles. The van der Waals surface area contributed by atoms with Crippen molar-refractivity contribution in [1.82, 2.24) is 0 Å². The third-order valence-corrected chi connectivity index (χ3v) is 5.11. The van der Waals surface area contributed by atoms with Crippen molar-refractivity contribution in [3.05, 3.63) is 69.2 Å². The van der Waals surface area contributed by atoms with Crippen LogP contribution in [0, 0.1) is 0 Å². The maximum atomic E-state index is 13.8. The van der Waals surface area contributed by atoms with Crippen molar-refractivity contribution in [3.8, 4) is 0 Å². The molecule has 144 valence electrons. The third kappa shape index (κ3) is 12.0. The quantitative estimate of drug-likeness (QED) is 0.321. The van der Waals surface area contributed by atoms with Crippen molar-refractivity contribution in [3.63, 3.8) is 0 Å². The Morgan fingerprint density at radius 1 is 0.846 bits per heavy atom. The van der Waals surface area contributed by atoms with Crippen LogP contribution in [0.1, 0.15) is 78.2 Å². The van der Waals surface area contributed by atoms with Crippen LogP contribution < -0.4 is 0 Å². The van der Waals surface area contributed by atoms with Crippen molar-refractivity contribution in [2.45, 2.75) is 79.1 Å². The number of hydrogen-bond donors (Lipinski definition) is 0. The fraction of sp³-hybridized carbons (Fsp3) is 0.500. The second kappa shape index (κ2) is 13.7. The van der Waals surface area contributed by atoms with Crippen LogP contribution in [0.15, 0.2) is 63.7 Å². The van der Waals surface area contributed by atoms with Gasteiger partial charge in [0.05, 0.1) is 5.83 Å². The highest BCUT2D eigenvalue weighted by molar-refractivity contribution is 7.07. The van der Waals surface area contributed by atoms with E-state index in [4.69, 9.17) is 0 Å². The van der Waals surface area contributed by atoms with Crippen LogP contribution in [0.25, 0.3) is 0 Å². The van der Waals surface area contributed by atoms with E-state index < -0.39 is 0 Å². The lowest BCUT2D eigenvalue weighted by molar-refractivity contribution is 0.584. The van der Waals surface area contributed by atoms with Gasteiger partial charge in [0.2, 0.25) is 0 Å². The molecule has 0 fully saturated rings. The molecule has 1 aromatic heterocycles. The standard InChI is InChI=1S/C24H35FS/c1-20(2)9-5-10-21(3)11-6-12-22(4)13-7-15-24(25)16-8-14-23-17-18-26-19-23/h9,11,13,16-19H,5-8,10,12,14-15H2,1-4H3/b21-11+,22-13+,24-16-. The van der Waals surface area contributed by atoms with Crippen molar-refractivity contribution >= 4 is 11.3 Å². The number of aryl methyl sites for hydroxylation is 1. The molecule has 0 unspecified atom stereocenters. The SMILES string of the molecule is CC(C)=CCC/C(C)=C/CC/C(C)=C/CC/C(F)=C/CCc1ccsc1. The highest BCUT2D eigenvalue weighted by atomic mass is 32.1. The van der Waals surface area contributed by atoms with Crippen molar-refractivity contribution in [1.29, 1.82) is 0 Å². The normalized spacial score (nSPS) is 13.2. The van der Waals surface area contributed by atoms with E-state index in [-0.39, 0.29) is 5.83 Å². The summed E-state index contributed by atoms with van der Waals surface area (Å²) in [6, 6.07) is 2.11. The lowest BCUT2D eigenvalue weighted by Crippen LogP contribution is -1.83. The third-order valence-electron chi connectivity index (χ3n) is 4.38. The van der Waals surface area contributed by atoms with E-state index in [9.17, 15) is 4.39 Å². The Morgan fingerprint density at radius 2 is 1.46 bits per heavy atom. The van der Waals surface area contributed by atoms with Crippen LogP contribution in [-0.4, -0.2) is 0 Å². The van der Waals surface area contributed by atoms with Crippen LogP contribution in [-0.2, 0) is 6.42 Å². The molecule has 0 atom stereocenters. The Bertz CT molecular complexity index is 611. The first-order chi connectivity index (χ1) is 12.5. The molecule has 0 radical (unpaired) electrons. The molecule has 0 saturated carbocycles. The topological polar surface area (TPSA) is 0 Å². The lowest BCUT2D eigenvalue weighted by Gasteiger charge is -2.02. The molecule has 26 heavy (non-hydrogen) atoms. The molecule has 0 aliphatic heterocycles. The Kier molecular flexibility index (Phi) is 12.0. The van der Waals surface area contributed by atoms with Gasteiger partial charge >= 0.3 is 0 Å². The number of halogens is 1. The average molecular weight is 375 g/mol. The van der Waals surface area contributed by atoms with Gasteiger partial charge in [0, 0.05) is 6.42 Å². The molecule has 0 aromatic carbocycles. The van der Waals surface area contributed by atoms with Gasteiger partial charge in [-0.15, -0.1) is 0 Å². The predicted octanol–water partition coefficient (Wildman–Crippen LogP) is 8.73. The van der Waals surface area contributed by atoms with Gasteiger partial charge in [-0.1, -0.05) is 41.0 Å². The van der Waals surface area contributed by atoms with Gasteiger partial charge < -0.3 is 0 Å². The maximum absolute atomic E-state index is 13.8. The van der Waals surface area contributed by atoms with Crippen LogP contribution in [0.4, 0.5) is 4.39 Å². The molecule has 0 aliphatic rings. The smallest absolute Gasteiger partial charge is 0.0963 e. The minimum absolute atomic E-state index is 0.0271. The van der Waals surface area contributed by atoms with Crippen LogP contribution in [0.2, 0.25) is 0 Å². The summed E-state index contributed by atoms with van der Waals surface area (Å²) in [5, 5.41) is 4.21. The molecule has 0 saturated heterocycles. The van der Waals surface area contributed by atoms with Crippen LogP contribution in [0.5, 0.6) is 0 Å².